The first-order valence-electron chi connectivity index (χ1n) is 7.32. The summed E-state index contributed by atoms with van der Waals surface area (Å²) in [6.45, 7) is 5.19. The molecule has 6 nitrogen and oxygen atoms in total. The molecule has 8 heteroatoms. The van der Waals surface area contributed by atoms with Gasteiger partial charge in [0, 0.05) is 32.2 Å². The van der Waals surface area contributed by atoms with Crippen molar-refractivity contribution in [2.45, 2.75) is 18.7 Å². The van der Waals surface area contributed by atoms with Crippen molar-refractivity contribution in [2.75, 3.05) is 31.1 Å². The molecule has 0 amide bonds. The maximum atomic E-state index is 13.2. The zero-order chi connectivity index (χ0) is 16.6. The van der Waals surface area contributed by atoms with E-state index in [4.69, 9.17) is 4.52 Å². The van der Waals surface area contributed by atoms with E-state index in [1.165, 1.54) is 22.5 Å². The van der Waals surface area contributed by atoms with Crippen LogP contribution in [0.2, 0.25) is 0 Å². The Morgan fingerprint density at radius 1 is 1.13 bits per heavy atom. The highest BCUT2D eigenvalue weighted by Gasteiger charge is 2.30. The highest BCUT2D eigenvalue weighted by molar-refractivity contribution is 7.89. The molecule has 0 N–H and O–H groups in total. The van der Waals surface area contributed by atoms with Crippen LogP contribution < -0.4 is 4.90 Å². The van der Waals surface area contributed by atoms with Gasteiger partial charge in [-0.25, -0.2) is 12.8 Å². The lowest BCUT2D eigenvalue weighted by Gasteiger charge is -2.34. The molecule has 1 aromatic carbocycles. The molecule has 1 saturated heterocycles. The Morgan fingerprint density at radius 2 is 1.83 bits per heavy atom. The summed E-state index contributed by atoms with van der Waals surface area (Å²) >= 11 is 0. The first-order valence-corrected chi connectivity index (χ1v) is 8.76. The number of aryl methyl sites for hydroxylation is 2. The Balaban J connectivity index is 1.76. The molecule has 0 saturated carbocycles. The van der Waals surface area contributed by atoms with Crippen LogP contribution in [-0.2, 0) is 10.0 Å². The summed E-state index contributed by atoms with van der Waals surface area (Å²) in [5.74, 6) is 1.00. The fraction of sp³-hybridized carbons (Fsp3) is 0.400. The lowest BCUT2D eigenvalue weighted by molar-refractivity contribution is 0.371. The number of nitrogens with zero attached hydrogens (tertiary/aromatic N) is 3. The Kier molecular flexibility index (Phi) is 4.11. The van der Waals surface area contributed by atoms with Crippen molar-refractivity contribution in [3.8, 4) is 0 Å². The normalized spacial score (nSPS) is 16.7. The Morgan fingerprint density at radius 3 is 2.39 bits per heavy atom. The molecule has 0 unspecified atom stereocenters. The molecule has 1 aromatic heterocycles. The van der Waals surface area contributed by atoms with Crippen LogP contribution in [-0.4, -0.2) is 44.1 Å². The quantitative estimate of drug-likeness (QED) is 0.855. The van der Waals surface area contributed by atoms with Gasteiger partial charge >= 0.3 is 0 Å². The van der Waals surface area contributed by atoms with Gasteiger partial charge in [0.25, 0.3) is 0 Å². The molecular weight excluding hydrogens is 321 g/mol. The van der Waals surface area contributed by atoms with Crippen LogP contribution in [0.25, 0.3) is 0 Å². The second-order valence-electron chi connectivity index (χ2n) is 5.60. The van der Waals surface area contributed by atoms with Gasteiger partial charge in [-0.1, -0.05) is 5.16 Å². The summed E-state index contributed by atoms with van der Waals surface area (Å²) in [6.07, 6.45) is 0. The number of rotatable bonds is 3. The minimum Gasteiger partial charge on any atom is -0.360 e. The zero-order valence-electron chi connectivity index (χ0n) is 13.0. The average Bonchev–Trinajstić information content (AvgIpc) is 2.93. The third-order valence-corrected chi connectivity index (χ3v) is 5.99. The van der Waals surface area contributed by atoms with Gasteiger partial charge in [0.15, 0.2) is 5.82 Å². The van der Waals surface area contributed by atoms with Crippen LogP contribution in [0.1, 0.15) is 11.3 Å². The summed E-state index contributed by atoms with van der Waals surface area (Å²) in [4.78, 5) is 2.14. The molecule has 2 heterocycles. The Labute approximate surface area is 134 Å². The fourth-order valence-electron chi connectivity index (χ4n) is 2.70. The van der Waals surface area contributed by atoms with Gasteiger partial charge < -0.3 is 9.42 Å². The molecule has 0 spiro atoms. The predicted octanol–water partition coefficient (Wildman–Crippen LogP) is 1.94. The van der Waals surface area contributed by atoms with Crippen LogP contribution in [0.3, 0.4) is 0 Å². The van der Waals surface area contributed by atoms with Crippen LogP contribution in [0.5, 0.6) is 0 Å². The summed E-state index contributed by atoms with van der Waals surface area (Å²) < 4.78 is 45.1. The van der Waals surface area contributed by atoms with E-state index < -0.39 is 15.8 Å². The molecule has 1 aliphatic heterocycles. The van der Waals surface area contributed by atoms with E-state index in [0.717, 1.165) is 11.6 Å². The second-order valence-corrected chi connectivity index (χ2v) is 7.50. The van der Waals surface area contributed by atoms with Crippen molar-refractivity contribution >= 4 is 15.8 Å². The van der Waals surface area contributed by atoms with Crippen molar-refractivity contribution in [1.29, 1.82) is 0 Å². The largest absolute Gasteiger partial charge is 0.360 e. The van der Waals surface area contributed by atoms with Gasteiger partial charge in [0.1, 0.15) is 11.6 Å². The Hall–Kier alpha value is -1.93. The molecule has 0 radical (unpaired) electrons. The van der Waals surface area contributed by atoms with Crippen molar-refractivity contribution in [3.05, 3.63) is 41.4 Å². The van der Waals surface area contributed by atoms with Gasteiger partial charge in [0.05, 0.1) is 4.90 Å². The second kappa shape index (κ2) is 5.93. The number of piperazine rings is 1. The smallest absolute Gasteiger partial charge is 0.243 e. The van der Waals surface area contributed by atoms with E-state index in [1.807, 2.05) is 17.9 Å². The van der Waals surface area contributed by atoms with E-state index in [9.17, 15) is 12.8 Å². The van der Waals surface area contributed by atoms with Gasteiger partial charge in [-0.05, 0) is 37.6 Å². The molecule has 3 rings (SSSR count). The van der Waals surface area contributed by atoms with Crippen molar-refractivity contribution in [1.82, 2.24) is 9.46 Å². The first kappa shape index (κ1) is 15.9. The number of anilines is 1. The first-order chi connectivity index (χ1) is 10.9. The molecule has 0 aliphatic carbocycles. The number of aromatic nitrogens is 1. The van der Waals surface area contributed by atoms with Crippen molar-refractivity contribution in [3.63, 3.8) is 0 Å². The number of hydrogen-bond donors (Lipinski definition) is 0. The zero-order valence-corrected chi connectivity index (χ0v) is 13.8. The number of hydrogen-bond acceptors (Lipinski definition) is 5. The highest BCUT2D eigenvalue weighted by atomic mass is 32.2. The van der Waals surface area contributed by atoms with Crippen LogP contribution in [0, 0.1) is 19.7 Å². The van der Waals surface area contributed by atoms with E-state index >= 15 is 0 Å². The molecule has 1 aliphatic rings. The van der Waals surface area contributed by atoms with Crippen LogP contribution >= 0.6 is 0 Å². The lowest BCUT2D eigenvalue weighted by Crippen LogP contribution is -2.48. The topological polar surface area (TPSA) is 66.7 Å². The fourth-order valence-corrected chi connectivity index (χ4v) is 4.33. The molecule has 2 aromatic rings. The van der Waals surface area contributed by atoms with E-state index in [2.05, 4.69) is 5.16 Å². The lowest BCUT2D eigenvalue weighted by atomic mass is 10.2. The summed E-state index contributed by atoms with van der Waals surface area (Å²) in [5, 5.41) is 3.95. The molecular formula is C15H18FN3O3S. The standard InChI is InChI=1S/C15H18FN3O3S/c1-11-9-13(16)3-4-14(11)23(20,21)19-7-5-18(6-8-19)15-10-12(2)22-17-15/h3-4,9-10H,5-8H2,1-2H3. The molecule has 0 bridgehead atoms. The predicted molar refractivity (Wildman–Crippen MR) is 83.3 cm³/mol. The van der Waals surface area contributed by atoms with Crippen molar-refractivity contribution < 1.29 is 17.3 Å². The molecule has 124 valence electrons. The molecule has 1 fully saturated rings. The maximum Gasteiger partial charge on any atom is 0.243 e. The highest BCUT2D eigenvalue weighted by Crippen LogP contribution is 2.23. The number of sulfonamides is 1. The summed E-state index contributed by atoms with van der Waals surface area (Å²) in [5.41, 5.74) is 0.416. The average molecular weight is 339 g/mol. The molecule has 0 atom stereocenters. The summed E-state index contributed by atoms with van der Waals surface area (Å²) in [7, 11) is -3.61. The number of benzene rings is 1. The maximum absolute atomic E-state index is 13.2. The van der Waals surface area contributed by atoms with Gasteiger partial charge in [-0.15, -0.1) is 0 Å². The monoisotopic (exact) mass is 339 g/mol. The molecule has 23 heavy (non-hydrogen) atoms. The number of halogens is 1. The van der Waals surface area contributed by atoms with Gasteiger partial charge in [0.2, 0.25) is 10.0 Å². The Bertz CT molecular complexity index is 811. The van der Waals surface area contributed by atoms with Crippen LogP contribution in [0.4, 0.5) is 10.2 Å². The minimum atomic E-state index is -3.61. The van der Waals surface area contributed by atoms with Gasteiger partial charge in [-0.3, -0.25) is 0 Å². The van der Waals surface area contributed by atoms with Gasteiger partial charge in [-0.2, -0.15) is 4.31 Å². The van der Waals surface area contributed by atoms with Crippen molar-refractivity contribution in [2.24, 2.45) is 0 Å². The summed E-state index contributed by atoms with van der Waals surface area (Å²) in [6, 6.07) is 5.57. The minimum absolute atomic E-state index is 0.157. The third-order valence-electron chi connectivity index (χ3n) is 3.93. The van der Waals surface area contributed by atoms with E-state index in [0.29, 0.717) is 31.7 Å². The van der Waals surface area contributed by atoms with E-state index in [-0.39, 0.29) is 4.90 Å². The third kappa shape index (κ3) is 3.09. The van der Waals surface area contributed by atoms with E-state index in [1.54, 1.807) is 6.92 Å². The SMILES string of the molecule is Cc1cc(N2CCN(S(=O)(=O)c3ccc(F)cc3C)CC2)no1. The van der Waals surface area contributed by atoms with Crippen LogP contribution in [0.15, 0.2) is 33.7 Å².